The summed E-state index contributed by atoms with van der Waals surface area (Å²) in [5.74, 6) is 5.79. The zero-order chi connectivity index (χ0) is 15.1. The maximum absolute atomic E-state index is 5.93. The monoisotopic (exact) mass is 284 g/mol. The molecule has 0 fully saturated rings. The summed E-state index contributed by atoms with van der Waals surface area (Å²) in [6.07, 6.45) is 0.776. The number of hydrogen-bond donors (Lipinski definition) is 2. The van der Waals surface area contributed by atoms with Crippen LogP contribution < -0.4 is 11.3 Å². The zero-order valence-electron chi connectivity index (χ0n) is 12.8. The maximum Gasteiger partial charge on any atom is 0.0994 e. The molecule has 0 saturated heterocycles. The Kier molecular flexibility index (Phi) is 5.93. The molecule has 112 valence electrons. The van der Waals surface area contributed by atoms with Gasteiger partial charge in [-0.3, -0.25) is 11.3 Å². The third kappa shape index (κ3) is 4.39. The molecule has 3 N–H and O–H groups in total. The number of nitrogens with two attached hydrogens (primary N) is 1. The second-order valence-corrected chi connectivity index (χ2v) is 5.25. The van der Waals surface area contributed by atoms with Gasteiger partial charge in [0.2, 0.25) is 0 Å². The third-order valence-corrected chi connectivity index (χ3v) is 3.63. The van der Waals surface area contributed by atoms with E-state index in [1.807, 2.05) is 25.1 Å². The first-order valence-corrected chi connectivity index (χ1v) is 7.42. The second-order valence-electron chi connectivity index (χ2n) is 5.25. The van der Waals surface area contributed by atoms with E-state index in [2.05, 4.69) is 48.7 Å². The van der Waals surface area contributed by atoms with Crippen LogP contribution in [0.2, 0.25) is 0 Å². The van der Waals surface area contributed by atoms with E-state index in [9.17, 15) is 0 Å². The molecule has 2 rings (SSSR count). The van der Waals surface area contributed by atoms with E-state index in [4.69, 9.17) is 10.6 Å². The summed E-state index contributed by atoms with van der Waals surface area (Å²) in [5, 5.41) is 0. The van der Waals surface area contributed by atoms with E-state index in [0.717, 1.165) is 12.0 Å². The van der Waals surface area contributed by atoms with Crippen LogP contribution in [0.25, 0.3) is 0 Å². The van der Waals surface area contributed by atoms with E-state index in [0.29, 0.717) is 6.61 Å². The van der Waals surface area contributed by atoms with Crippen molar-refractivity contribution in [3.63, 3.8) is 0 Å². The van der Waals surface area contributed by atoms with Crippen molar-refractivity contribution < 1.29 is 4.74 Å². The highest BCUT2D eigenvalue weighted by molar-refractivity contribution is 5.24. The number of ether oxygens (including phenoxy) is 1. The number of aryl methyl sites for hydroxylation is 1. The first-order valence-electron chi connectivity index (χ1n) is 7.42. The molecule has 0 radical (unpaired) electrons. The van der Waals surface area contributed by atoms with Gasteiger partial charge < -0.3 is 4.74 Å². The summed E-state index contributed by atoms with van der Waals surface area (Å²) >= 11 is 0. The molecule has 0 bridgehead atoms. The Morgan fingerprint density at radius 2 is 1.71 bits per heavy atom. The van der Waals surface area contributed by atoms with Crippen molar-refractivity contribution in [1.82, 2.24) is 5.43 Å². The van der Waals surface area contributed by atoms with Crippen molar-refractivity contribution in [3.8, 4) is 0 Å². The van der Waals surface area contributed by atoms with Crippen molar-refractivity contribution in [1.29, 1.82) is 0 Å². The topological polar surface area (TPSA) is 47.3 Å². The Bertz CT molecular complexity index is 525. The number of benzene rings is 2. The van der Waals surface area contributed by atoms with Crippen LogP contribution >= 0.6 is 0 Å². The molecule has 2 atom stereocenters. The van der Waals surface area contributed by atoms with Crippen molar-refractivity contribution in [2.24, 2.45) is 5.84 Å². The van der Waals surface area contributed by atoms with Gasteiger partial charge in [0.25, 0.3) is 0 Å². The third-order valence-electron chi connectivity index (χ3n) is 3.63. The van der Waals surface area contributed by atoms with Gasteiger partial charge in [-0.05, 0) is 31.4 Å². The lowest BCUT2D eigenvalue weighted by molar-refractivity contribution is 0.0332. The Morgan fingerprint density at radius 3 is 2.29 bits per heavy atom. The highest BCUT2D eigenvalue weighted by Gasteiger charge is 2.22. The quantitative estimate of drug-likeness (QED) is 0.606. The smallest absolute Gasteiger partial charge is 0.0994 e. The fourth-order valence-electron chi connectivity index (χ4n) is 2.50. The lowest BCUT2D eigenvalue weighted by Crippen LogP contribution is -2.42. The molecule has 0 aliphatic carbocycles. The molecule has 2 unspecified atom stereocenters. The summed E-state index contributed by atoms with van der Waals surface area (Å²) in [6, 6.07) is 18.8. The van der Waals surface area contributed by atoms with Crippen molar-refractivity contribution >= 4 is 0 Å². The van der Waals surface area contributed by atoms with Crippen LogP contribution in [0.3, 0.4) is 0 Å². The maximum atomic E-state index is 5.93. The Labute approximate surface area is 127 Å². The fourth-order valence-corrected chi connectivity index (χ4v) is 2.50. The van der Waals surface area contributed by atoms with E-state index in [1.165, 1.54) is 11.1 Å². The average Bonchev–Trinajstić information content (AvgIpc) is 2.53. The van der Waals surface area contributed by atoms with Gasteiger partial charge in [0.05, 0.1) is 12.1 Å². The SMILES string of the molecule is CCOC(c1ccccc1)C(Cc1ccc(C)cc1)NN. The van der Waals surface area contributed by atoms with Crippen molar-refractivity contribution in [2.45, 2.75) is 32.4 Å². The van der Waals surface area contributed by atoms with Crippen molar-refractivity contribution in [3.05, 3.63) is 71.3 Å². The minimum absolute atomic E-state index is 0.0371. The summed E-state index contributed by atoms with van der Waals surface area (Å²) < 4.78 is 5.93. The average molecular weight is 284 g/mol. The van der Waals surface area contributed by atoms with E-state index < -0.39 is 0 Å². The highest BCUT2D eigenvalue weighted by Crippen LogP contribution is 2.23. The second kappa shape index (κ2) is 7.93. The molecule has 2 aromatic carbocycles. The van der Waals surface area contributed by atoms with Gasteiger partial charge in [0.1, 0.15) is 0 Å². The fraction of sp³-hybridized carbons (Fsp3) is 0.333. The van der Waals surface area contributed by atoms with Gasteiger partial charge in [0, 0.05) is 6.61 Å². The van der Waals surface area contributed by atoms with E-state index in [1.54, 1.807) is 0 Å². The highest BCUT2D eigenvalue weighted by atomic mass is 16.5. The minimum atomic E-state index is -0.0532. The van der Waals surface area contributed by atoms with Gasteiger partial charge in [-0.2, -0.15) is 0 Å². The van der Waals surface area contributed by atoms with Crippen LogP contribution in [-0.4, -0.2) is 12.6 Å². The largest absolute Gasteiger partial charge is 0.372 e. The number of hydrogen-bond acceptors (Lipinski definition) is 3. The van der Waals surface area contributed by atoms with Crippen molar-refractivity contribution in [2.75, 3.05) is 6.61 Å². The molecule has 3 heteroatoms. The predicted molar refractivity (Wildman–Crippen MR) is 86.8 cm³/mol. The van der Waals surface area contributed by atoms with Gasteiger partial charge >= 0.3 is 0 Å². The lowest BCUT2D eigenvalue weighted by atomic mass is 9.96. The zero-order valence-corrected chi connectivity index (χ0v) is 12.8. The Morgan fingerprint density at radius 1 is 1.05 bits per heavy atom. The molecule has 21 heavy (non-hydrogen) atoms. The Hall–Kier alpha value is -1.68. The molecule has 0 amide bonds. The van der Waals surface area contributed by atoms with Crippen LogP contribution in [0.5, 0.6) is 0 Å². The number of nitrogens with one attached hydrogen (secondary N) is 1. The van der Waals surface area contributed by atoms with Crippen LogP contribution in [-0.2, 0) is 11.2 Å². The molecule has 0 saturated carbocycles. The summed E-state index contributed by atoms with van der Waals surface area (Å²) in [6.45, 7) is 4.76. The normalized spacial score (nSPS) is 13.9. The van der Waals surface area contributed by atoms with Crippen LogP contribution in [0.4, 0.5) is 0 Å². The summed E-state index contributed by atoms with van der Waals surface area (Å²) in [4.78, 5) is 0. The first-order chi connectivity index (χ1) is 10.2. The summed E-state index contributed by atoms with van der Waals surface area (Å²) in [5.41, 5.74) is 6.59. The lowest BCUT2D eigenvalue weighted by Gasteiger charge is -2.27. The Balaban J connectivity index is 2.17. The molecule has 3 nitrogen and oxygen atoms in total. The van der Waals surface area contributed by atoms with E-state index >= 15 is 0 Å². The molecular weight excluding hydrogens is 260 g/mol. The van der Waals surface area contributed by atoms with Gasteiger partial charge in [-0.25, -0.2) is 0 Å². The molecule has 0 spiro atoms. The van der Waals surface area contributed by atoms with Crippen LogP contribution in [0.1, 0.15) is 29.7 Å². The van der Waals surface area contributed by atoms with Crippen LogP contribution in [0, 0.1) is 6.92 Å². The van der Waals surface area contributed by atoms with Crippen LogP contribution in [0.15, 0.2) is 54.6 Å². The van der Waals surface area contributed by atoms with Gasteiger partial charge in [-0.1, -0.05) is 60.2 Å². The minimum Gasteiger partial charge on any atom is -0.372 e. The standard InChI is InChI=1S/C18H24N2O/c1-3-21-18(16-7-5-4-6-8-16)17(20-19)13-15-11-9-14(2)10-12-15/h4-12,17-18,20H,3,13,19H2,1-2H3. The number of rotatable bonds is 7. The number of hydrazine groups is 1. The molecule has 0 aliphatic heterocycles. The summed E-state index contributed by atoms with van der Waals surface area (Å²) in [7, 11) is 0. The molecule has 2 aromatic rings. The molecular formula is C18H24N2O. The van der Waals surface area contributed by atoms with E-state index in [-0.39, 0.29) is 12.1 Å². The predicted octanol–water partition coefficient (Wildman–Crippen LogP) is 3.15. The van der Waals surface area contributed by atoms with Gasteiger partial charge in [-0.15, -0.1) is 0 Å². The molecule has 0 aliphatic rings. The molecule has 0 aromatic heterocycles. The first kappa shape index (κ1) is 15.7. The van der Waals surface area contributed by atoms with Gasteiger partial charge in [0.15, 0.2) is 0 Å². The molecule has 0 heterocycles.